The second kappa shape index (κ2) is 5.46. The first-order valence-corrected chi connectivity index (χ1v) is 7.96. The van der Waals surface area contributed by atoms with Crippen LogP contribution in [0.4, 0.5) is 5.69 Å². The summed E-state index contributed by atoms with van der Waals surface area (Å²) >= 11 is 5.59. The number of alkyl halides is 1. The molecule has 88 valence electrons. The Balaban J connectivity index is 2.16. The molecule has 0 bridgehead atoms. The second-order valence-corrected chi connectivity index (χ2v) is 6.08. The summed E-state index contributed by atoms with van der Waals surface area (Å²) in [7, 11) is 2.22. The molecule has 1 aromatic rings. The summed E-state index contributed by atoms with van der Waals surface area (Å²) in [5.41, 5.74) is 4.12. The molecule has 0 aromatic heterocycles. The first-order valence-electron chi connectivity index (χ1n) is 5.68. The lowest BCUT2D eigenvalue weighted by Gasteiger charge is -2.26. The van der Waals surface area contributed by atoms with E-state index in [4.69, 9.17) is 0 Å². The van der Waals surface area contributed by atoms with E-state index in [9.17, 15) is 0 Å². The molecular weight excluding hydrogens is 282 g/mol. The van der Waals surface area contributed by atoms with Crippen molar-refractivity contribution in [1.82, 2.24) is 0 Å². The molecule has 3 heteroatoms. The van der Waals surface area contributed by atoms with Crippen molar-refractivity contribution in [2.24, 2.45) is 0 Å². The average Bonchev–Trinajstić information content (AvgIpc) is 2.81. The lowest BCUT2D eigenvalue weighted by atomic mass is 10.1. The topological polar surface area (TPSA) is 3.24 Å². The van der Waals surface area contributed by atoms with Crippen molar-refractivity contribution in [3.05, 3.63) is 29.3 Å². The standard InChI is InChI=1S/C13H18BrNS/c1-10-7-12(4-3-11(10)8-14)15(2)13-5-6-16-9-13/h3-4,7,13H,5-6,8-9H2,1-2H3. The molecule has 0 amide bonds. The van der Waals surface area contributed by atoms with E-state index in [0.29, 0.717) is 0 Å². The van der Waals surface area contributed by atoms with E-state index in [1.807, 2.05) is 0 Å². The number of rotatable bonds is 3. The van der Waals surface area contributed by atoms with Crippen LogP contribution in [-0.4, -0.2) is 24.6 Å². The fourth-order valence-corrected chi connectivity index (χ4v) is 3.98. The predicted octanol–water partition coefficient (Wildman–Crippen LogP) is 3.83. The van der Waals surface area contributed by atoms with Gasteiger partial charge in [0, 0.05) is 29.9 Å². The van der Waals surface area contributed by atoms with Crippen LogP contribution in [0.5, 0.6) is 0 Å². The maximum Gasteiger partial charge on any atom is 0.0385 e. The zero-order chi connectivity index (χ0) is 11.5. The van der Waals surface area contributed by atoms with Gasteiger partial charge in [0.2, 0.25) is 0 Å². The van der Waals surface area contributed by atoms with Crippen LogP contribution in [0.15, 0.2) is 18.2 Å². The number of halogens is 1. The van der Waals surface area contributed by atoms with Gasteiger partial charge in [0.15, 0.2) is 0 Å². The molecule has 0 aliphatic carbocycles. The molecule has 1 aliphatic heterocycles. The fraction of sp³-hybridized carbons (Fsp3) is 0.538. The maximum absolute atomic E-state index is 3.52. The van der Waals surface area contributed by atoms with E-state index in [-0.39, 0.29) is 0 Å². The Labute approximate surface area is 111 Å². The van der Waals surface area contributed by atoms with Crippen molar-refractivity contribution in [1.29, 1.82) is 0 Å². The molecule has 1 aliphatic rings. The molecule has 1 unspecified atom stereocenters. The minimum atomic E-state index is 0.722. The van der Waals surface area contributed by atoms with Crippen molar-refractivity contribution >= 4 is 33.4 Å². The molecule has 1 heterocycles. The van der Waals surface area contributed by atoms with Crippen molar-refractivity contribution < 1.29 is 0 Å². The summed E-state index contributed by atoms with van der Waals surface area (Å²) in [6.07, 6.45) is 1.32. The molecule has 16 heavy (non-hydrogen) atoms. The van der Waals surface area contributed by atoms with Gasteiger partial charge in [-0.1, -0.05) is 22.0 Å². The summed E-state index contributed by atoms with van der Waals surface area (Å²) in [5, 5.41) is 0.947. The molecule has 0 N–H and O–H groups in total. The highest BCUT2D eigenvalue weighted by Gasteiger charge is 2.20. The van der Waals surface area contributed by atoms with Gasteiger partial charge in [-0.3, -0.25) is 0 Å². The molecule has 0 spiro atoms. The van der Waals surface area contributed by atoms with Crippen LogP contribution in [0.3, 0.4) is 0 Å². The van der Waals surface area contributed by atoms with Gasteiger partial charge < -0.3 is 4.90 Å². The monoisotopic (exact) mass is 299 g/mol. The third-order valence-electron chi connectivity index (χ3n) is 3.33. The smallest absolute Gasteiger partial charge is 0.0385 e. The van der Waals surface area contributed by atoms with E-state index in [0.717, 1.165) is 11.4 Å². The quantitative estimate of drug-likeness (QED) is 0.781. The Hall–Kier alpha value is -0.150. The van der Waals surface area contributed by atoms with E-state index >= 15 is 0 Å². The van der Waals surface area contributed by atoms with Gasteiger partial charge in [0.05, 0.1) is 0 Å². The van der Waals surface area contributed by atoms with Gasteiger partial charge in [-0.2, -0.15) is 11.8 Å². The minimum Gasteiger partial charge on any atom is -0.371 e. The van der Waals surface area contributed by atoms with Crippen molar-refractivity contribution in [2.45, 2.75) is 24.7 Å². The largest absolute Gasteiger partial charge is 0.371 e. The molecular formula is C13H18BrNS. The third kappa shape index (κ3) is 2.57. The zero-order valence-corrected chi connectivity index (χ0v) is 12.3. The lowest BCUT2D eigenvalue weighted by molar-refractivity contribution is 0.700. The molecule has 1 fully saturated rings. The van der Waals surface area contributed by atoms with Gasteiger partial charge in [-0.25, -0.2) is 0 Å². The molecule has 1 saturated heterocycles. The molecule has 2 rings (SSSR count). The van der Waals surface area contributed by atoms with Gasteiger partial charge in [0.25, 0.3) is 0 Å². The van der Waals surface area contributed by atoms with E-state index in [1.165, 1.54) is 34.7 Å². The summed E-state index contributed by atoms with van der Waals surface area (Å²) in [5.74, 6) is 2.59. The number of hydrogen-bond acceptors (Lipinski definition) is 2. The van der Waals surface area contributed by atoms with Crippen LogP contribution in [0.2, 0.25) is 0 Å². The SMILES string of the molecule is Cc1cc(N(C)C2CCSC2)ccc1CBr. The average molecular weight is 300 g/mol. The molecule has 0 radical (unpaired) electrons. The Morgan fingerprint density at radius 3 is 2.88 bits per heavy atom. The first kappa shape index (κ1) is 12.3. The van der Waals surface area contributed by atoms with Crippen LogP contribution in [-0.2, 0) is 5.33 Å². The summed E-state index contributed by atoms with van der Waals surface area (Å²) in [6, 6.07) is 7.50. The van der Waals surface area contributed by atoms with Crippen LogP contribution in [0, 0.1) is 6.92 Å². The molecule has 1 atom stereocenters. The van der Waals surface area contributed by atoms with Crippen LogP contribution >= 0.6 is 27.7 Å². The van der Waals surface area contributed by atoms with Crippen molar-refractivity contribution in [2.75, 3.05) is 23.5 Å². The van der Waals surface area contributed by atoms with Crippen molar-refractivity contribution in [3.63, 3.8) is 0 Å². The highest BCUT2D eigenvalue weighted by molar-refractivity contribution is 9.08. The van der Waals surface area contributed by atoms with Crippen LogP contribution < -0.4 is 4.90 Å². The van der Waals surface area contributed by atoms with E-state index in [2.05, 4.69) is 64.8 Å². The summed E-state index contributed by atoms with van der Waals surface area (Å²) < 4.78 is 0. The Bertz CT molecular complexity index is 361. The normalized spacial score (nSPS) is 20.1. The predicted molar refractivity (Wildman–Crippen MR) is 77.9 cm³/mol. The fourth-order valence-electron chi connectivity index (χ4n) is 2.09. The minimum absolute atomic E-state index is 0.722. The number of hydrogen-bond donors (Lipinski definition) is 0. The number of nitrogens with zero attached hydrogens (tertiary/aromatic N) is 1. The first-order chi connectivity index (χ1) is 7.72. The highest BCUT2D eigenvalue weighted by Crippen LogP contribution is 2.27. The number of anilines is 1. The molecule has 1 nitrogen and oxygen atoms in total. The van der Waals surface area contributed by atoms with Crippen LogP contribution in [0.1, 0.15) is 17.5 Å². The van der Waals surface area contributed by atoms with Gasteiger partial charge in [-0.05, 0) is 42.4 Å². The third-order valence-corrected chi connectivity index (χ3v) is 5.08. The van der Waals surface area contributed by atoms with E-state index in [1.54, 1.807) is 0 Å². The number of benzene rings is 1. The highest BCUT2D eigenvalue weighted by atomic mass is 79.9. The molecule has 1 aromatic carbocycles. The van der Waals surface area contributed by atoms with Crippen molar-refractivity contribution in [3.8, 4) is 0 Å². The number of thioether (sulfide) groups is 1. The Morgan fingerprint density at radius 1 is 1.50 bits per heavy atom. The van der Waals surface area contributed by atoms with Gasteiger partial charge >= 0.3 is 0 Å². The molecule has 0 saturated carbocycles. The Morgan fingerprint density at radius 2 is 2.31 bits per heavy atom. The number of aryl methyl sites for hydroxylation is 1. The van der Waals surface area contributed by atoms with Crippen LogP contribution in [0.25, 0.3) is 0 Å². The Kier molecular flexibility index (Phi) is 4.20. The summed E-state index contributed by atoms with van der Waals surface area (Å²) in [6.45, 7) is 2.19. The van der Waals surface area contributed by atoms with Gasteiger partial charge in [0.1, 0.15) is 0 Å². The van der Waals surface area contributed by atoms with Gasteiger partial charge in [-0.15, -0.1) is 0 Å². The van der Waals surface area contributed by atoms with E-state index < -0.39 is 0 Å². The lowest BCUT2D eigenvalue weighted by Crippen LogP contribution is -2.31. The summed E-state index contributed by atoms with van der Waals surface area (Å²) in [4.78, 5) is 2.44. The second-order valence-electron chi connectivity index (χ2n) is 4.37. The zero-order valence-electron chi connectivity index (χ0n) is 9.87. The maximum atomic E-state index is 3.52.